The van der Waals surface area contributed by atoms with Crippen molar-refractivity contribution in [2.24, 2.45) is 4.99 Å². The van der Waals surface area contributed by atoms with Crippen LogP contribution in [0.4, 0.5) is 13.2 Å². The van der Waals surface area contributed by atoms with Crippen molar-refractivity contribution in [3.8, 4) is 5.75 Å². The molecule has 4 nitrogen and oxygen atoms in total. The minimum Gasteiger partial charge on any atom is -0.484 e. The minimum atomic E-state index is -4.33. The number of halogens is 3. The zero-order valence-corrected chi connectivity index (χ0v) is 13.6. The summed E-state index contributed by atoms with van der Waals surface area (Å²) in [5.74, 6) is 0.936. The summed E-state index contributed by atoms with van der Waals surface area (Å²) in [5, 5.41) is 6.55. The number of hydrogen-bond acceptors (Lipinski definition) is 2. The molecule has 24 heavy (non-hydrogen) atoms. The maximum Gasteiger partial charge on any atom is 0.422 e. The lowest BCUT2D eigenvalue weighted by Gasteiger charge is -2.16. The van der Waals surface area contributed by atoms with Crippen molar-refractivity contribution in [2.45, 2.75) is 38.5 Å². The number of nitrogens with zero attached hydrogens (tertiary/aromatic N) is 1. The molecular formula is C17H22F3N3O. The Bertz CT molecular complexity index is 559. The first-order chi connectivity index (χ1) is 11.5. The number of aliphatic imine (C=N–C) groups is 1. The van der Waals surface area contributed by atoms with Gasteiger partial charge in [0.15, 0.2) is 12.6 Å². The molecule has 0 radical (unpaired) electrons. The zero-order chi connectivity index (χ0) is 17.4. The van der Waals surface area contributed by atoms with E-state index in [0.717, 1.165) is 30.9 Å². The lowest BCUT2D eigenvalue weighted by molar-refractivity contribution is -0.153. The maximum atomic E-state index is 12.1. The molecule has 0 bridgehead atoms. The highest BCUT2D eigenvalue weighted by atomic mass is 19.4. The van der Waals surface area contributed by atoms with Gasteiger partial charge < -0.3 is 15.4 Å². The van der Waals surface area contributed by atoms with Crippen LogP contribution in [-0.2, 0) is 6.54 Å². The molecule has 0 amide bonds. The normalized spacial score (nSPS) is 15.6. The topological polar surface area (TPSA) is 45.7 Å². The minimum absolute atomic E-state index is 0.196. The summed E-state index contributed by atoms with van der Waals surface area (Å²) in [6, 6.07) is 6.85. The van der Waals surface area contributed by atoms with Crippen molar-refractivity contribution in [3.05, 3.63) is 42.0 Å². The van der Waals surface area contributed by atoms with Crippen molar-refractivity contribution in [2.75, 3.05) is 13.2 Å². The van der Waals surface area contributed by atoms with E-state index in [1.54, 1.807) is 12.1 Å². The van der Waals surface area contributed by atoms with Gasteiger partial charge in [-0.3, -0.25) is 0 Å². The second-order valence-corrected chi connectivity index (χ2v) is 5.53. The SMILES string of the molecule is CCNC(=NCc1ccc(OCC(F)(F)F)cc1)NC1CC=CC1. The van der Waals surface area contributed by atoms with Crippen LogP contribution in [0.1, 0.15) is 25.3 Å². The third-order valence-corrected chi connectivity index (χ3v) is 3.44. The van der Waals surface area contributed by atoms with Gasteiger partial charge in [-0.05, 0) is 37.5 Å². The van der Waals surface area contributed by atoms with Crippen molar-refractivity contribution >= 4 is 5.96 Å². The fourth-order valence-corrected chi connectivity index (χ4v) is 2.28. The molecule has 0 aromatic heterocycles. The summed E-state index contributed by atoms with van der Waals surface area (Å²) in [4.78, 5) is 4.51. The van der Waals surface area contributed by atoms with Gasteiger partial charge in [0, 0.05) is 12.6 Å². The molecule has 0 saturated carbocycles. The molecule has 0 saturated heterocycles. The number of ether oxygens (including phenoxy) is 1. The van der Waals surface area contributed by atoms with E-state index < -0.39 is 12.8 Å². The van der Waals surface area contributed by atoms with Gasteiger partial charge in [-0.1, -0.05) is 24.3 Å². The maximum absolute atomic E-state index is 12.1. The van der Waals surface area contributed by atoms with E-state index in [4.69, 9.17) is 0 Å². The summed E-state index contributed by atoms with van der Waals surface area (Å²) in [7, 11) is 0. The van der Waals surface area contributed by atoms with Crippen LogP contribution in [0.25, 0.3) is 0 Å². The highest BCUT2D eigenvalue weighted by molar-refractivity contribution is 5.80. The lowest BCUT2D eigenvalue weighted by Crippen LogP contribution is -2.42. The van der Waals surface area contributed by atoms with Crippen LogP contribution < -0.4 is 15.4 Å². The molecule has 0 atom stereocenters. The molecule has 132 valence electrons. The van der Waals surface area contributed by atoms with E-state index in [9.17, 15) is 13.2 Å². The Hall–Kier alpha value is -2.18. The molecule has 1 aliphatic rings. The van der Waals surface area contributed by atoms with Gasteiger partial charge in [-0.25, -0.2) is 4.99 Å². The van der Waals surface area contributed by atoms with Crippen LogP contribution in [0.3, 0.4) is 0 Å². The van der Waals surface area contributed by atoms with Crippen molar-refractivity contribution in [1.82, 2.24) is 10.6 Å². The summed E-state index contributed by atoms with van der Waals surface area (Å²) in [6.07, 6.45) is 1.91. The van der Waals surface area contributed by atoms with Crippen LogP contribution in [-0.4, -0.2) is 31.3 Å². The van der Waals surface area contributed by atoms with Crippen LogP contribution >= 0.6 is 0 Å². The quantitative estimate of drug-likeness (QED) is 0.474. The first-order valence-corrected chi connectivity index (χ1v) is 7.94. The van der Waals surface area contributed by atoms with Crippen molar-refractivity contribution in [1.29, 1.82) is 0 Å². The highest BCUT2D eigenvalue weighted by Crippen LogP contribution is 2.19. The molecule has 0 heterocycles. The number of alkyl halides is 3. The molecular weight excluding hydrogens is 319 g/mol. The molecule has 0 fully saturated rings. The Morgan fingerprint density at radius 2 is 1.88 bits per heavy atom. The Labute approximate surface area is 139 Å². The fraction of sp³-hybridized carbons (Fsp3) is 0.471. The van der Waals surface area contributed by atoms with Crippen LogP contribution in [0, 0.1) is 0 Å². The van der Waals surface area contributed by atoms with Crippen LogP contribution in [0.15, 0.2) is 41.4 Å². The Kier molecular flexibility index (Phi) is 6.52. The predicted molar refractivity (Wildman–Crippen MR) is 88.1 cm³/mol. The van der Waals surface area contributed by atoms with Gasteiger partial charge >= 0.3 is 6.18 Å². The van der Waals surface area contributed by atoms with Gasteiger partial charge in [0.2, 0.25) is 0 Å². The Balaban J connectivity index is 1.88. The zero-order valence-electron chi connectivity index (χ0n) is 13.6. The third kappa shape index (κ3) is 6.52. The number of hydrogen-bond donors (Lipinski definition) is 2. The molecule has 0 unspecified atom stereocenters. The molecule has 2 N–H and O–H groups in total. The average Bonchev–Trinajstić information content (AvgIpc) is 3.04. The number of nitrogens with one attached hydrogen (secondary N) is 2. The number of guanidine groups is 1. The molecule has 1 aliphatic carbocycles. The van der Waals surface area contributed by atoms with E-state index in [2.05, 4.69) is 32.5 Å². The van der Waals surface area contributed by atoms with Gasteiger partial charge in [-0.15, -0.1) is 0 Å². The molecule has 0 aliphatic heterocycles. The molecule has 2 rings (SSSR count). The fourth-order valence-electron chi connectivity index (χ4n) is 2.28. The first-order valence-electron chi connectivity index (χ1n) is 7.94. The summed E-state index contributed by atoms with van der Waals surface area (Å²) in [5.41, 5.74) is 0.899. The Morgan fingerprint density at radius 1 is 1.21 bits per heavy atom. The summed E-state index contributed by atoms with van der Waals surface area (Å²) in [6.45, 7) is 1.91. The summed E-state index contributed by atoms with van der Waals surface area (Å²) < 4.78 is 41.0. The highest BCUT2D eigenvalue weighted by Gasteiger charge is 2.28. The predicted octanol–water partition coefficient (Wildman–Crippen LogP) is 3.40. The number of rotatable bonds is 6. The van der Waals surface area contributed by atoms with Gasteiger partial charge in [0.25, 0.3) is 0 Å². The van der Waals surface area contributed by atoms with Gasteiger partial charge in [-0.2, -0.15) is 13.2 Å². The van der Waals surface area contributed by atoms with Gasteiger partial charge in [0.1, 0.15) is 5.75 Å². The lowest BCUT2D eigenvalue weighted by atomic mass is 10.2. The average molecular weight is 341 g/mol. The first kappa shape index (κ1) is 18.2. The third-order valence-electron chi connectivity index (χ3n) is 3.44. The molecule has 0 spiro atoms. The standard InChI is InChI=1S/C17H22F3N3O/c1-2-21-16(23-14-5-3-4-6-14)22-11-13-7-9-15(10-8-13)24-12-17(18,19)20/h3-4,7-10,14H,2,5-6,11-12H2,1H3,(H2,21,22,23). The van der Waals surface area contributed by atoms with Crippen LogP contribution in [0.5, 0.6) is 5.75 Å². The molecule has 1 aromatic carbocycles. The van der Waals surface area contributed by atoms with Crippen LogP contribution in [0.2, 0.25) is 0 Å². The smallest absolute Gasteiger partial charge is 0.422 e. The second-order valence-electron chi connectivity index (χ2n) is 5.53. The molecule has 1 aromatic rings. The van der Waals surface area contributed by atoms with E-state index in [-0.39, 0.29) is 5.75 Å². The molecule has 7 heteroatoms. The largest absolute Gasteiger partial charge is 0.484 e. The number of benzene rings is 1. The second kappa shape index (κ2) is 8.61. The monoisotopic (exact) mass is 341 g/mol. The Morgan fingerprint density at radius 3 is 2.46 bits per heavy atom. The van der Waals surface area contributed by atoms with Crippen molar-refractivity contribution in [3.63, 3.8) is 0 Å². The van der Waals surface area contributed by atoms with Crippen molar-refractivity contribution < 1.29 is 17.9 Å². The van der Waals surface area contributed by atoms with E-state index in [0.29, 0.717) is 12.6 Å². The summed E-state index contributed by atoms with van der Waals surface area (Å²) >= 11 is 0. The van der Waals surface area contributed by atoms with E-state index in [1.165, 1.54) is 12.1 Å². The van der Waals surface area contributed by atoms with Gasteiger partial charge in [0.05, 0.1) is 6.54 Å². The van der Waals surface area contributed by atoms with E-state index in [1.807, 2.05) is 6.92 Å². The van der Waals surface area contributed by atoms with E-state index >= 15 is 0 Å².